The molecule has 1 aliphatic heterocycles. The molecule has 1 aromatic heterocycles. The van der Waals surface area contributed by atoms with Crippen LogP contribution in [0.2, 0.25) is 0 Å². The monoisotopic (exact) mass is 656 g/mol. The topological polar surface area (TPSA) is 209 Å². The van der Waals surface area contributed by atoms with Crippen molar-refractivity contribution in [1.82, 2.24) is 19.8 Å². The van der Waals surface area contributed by atoms with E-state index < -0.39 is 61.2 Å². The van der Waals surface area contributed by atoms with Gasteiger partial charge in [0.1, 0.15) is 0 Å². The van der Waals surface area contributed by atoms with E-state index in [-0.39, 0.29) is 22.9 Å². The first-order chi connectivity index (χ1) is 20.8. The minimum absolute atomic E-state index is 0.202. The number of carbonyl (C=O) groups is 2. The minimum Gasteiger partial charge on any atom is -0.422 e. The lowest BCUT2D eigenvalue weighted by molar-refractivity contribution is 0.0664. The lowest BCUT2D eigenvalue weighted by Gasteiger charge is -2.23. The maximum Gasteiger partial charge on any atom is 0.274 e. The van der Waals surface area contributed by atoms with E-state index in [1.54, 1.807) is 25.1 Å². The predicted octanol–water partition coefficient (Wildman–Crippen LogP) is 2.54. The second-order valence-electron chi connectivity index (χ2n) is 9.94. The number of rotatable bonds is 12. The highest BCUT2D eigenvalue weighted by atomic mass is 32.2. The second kappa shape index (κ2) is 12.5. The fourth-order valence-electron chi connectivity index (χ4n) is 4.76. The molecule has 2 unspecified atom stereocenters. The Morgan fingerprint density at radius 3 is 2.18 bits per heavy atom. The zero-order chi connectivity index (χ0) is 31.6. The molecule has 0 radical (unpaired) electrons. The highest BCUT2D eigenvalue weighted by Crippen LogP contribution is 2.40. The highest BCUT2D eigenvalue weighted by molar-refractivity contribution is 8.01. The molecule has 3 aromatic carbocycles. The highest BCUT2D eigenvalue weighted by Gasteiger charge is 2.41. The van der Waals surface area contributed by atoms with Gasteiger partial charge in [0.2, 0.25) is 11.8 Å². The number of hydrogen-bond donors (Lipinski definition) is 3. The number of nitrogens with two attached hydrogens (primary N) is 2. The standard InChI is InChI=1S/C28H28N6O7S3/c1-17(42-23-15-19(11-12-22(23)29)18-7-3-2-4-8-18)25(26-33-32-24(41-26)16-31-44(30,39)40)43(37,38)14-13-34-27(35)20-9-5-6-10-21(20)28(34)36/h2-12,15,17,25,31H,13-14,16,29H2,1H3,(H2,30,39,40). The lowest BCUT2D eigenvalue weighted by atomic mass is 10.1. The van der Waals surface area contributed by atoms with Crippen LogP contribution in [0.1, 0.15) is 44.7 Å². The van der Waals surface area contributed by atoms with Crippen molar-refractivity contribution in [1.29, 1.82) is 0 Å². The summed E-state index contributed by atoms with van der Waals surface area (Å²) in [5.41, 5.74) is 8.92. The van der Waals surface area contributed by atoms with Crippen LogP contribution in [0.25, 0.3) is 11.1 Å². The summed E-state index contributed by atoms with van der Waals surface area (Å²) >= 11 is 1.17. The first kappa shape index (κ1) is 31.3. The Morgan fingerprint density at radius 1 is 0.909 bits per heavy atom. The van der Waals surface area contributed by atoms with E-state index in [2.05, 4.69) is 10.2 Å². The fourth-order valence-corrected chi connectivity index (χ4v) is 8.47. The second-order valence-corrected chi connectivity index (χ2v) is 15.0. The Hall–Kier alpha value is -4.09. The molecule has 16 heteroatoms. The van der Waals surface area contributed by atoms with E-state index in [9.17, 15) is 26.4 Å². The number of sulfone groups is 1. The summed E-state index contributed by atoms with van der Waals surface area (Å²) in [7, 11) is -8.27. The van der Waals surface area contributed by atoms with Gasteiger partial charge in [0.15, 0.2) is 15.1 Å². The summed E-state index contributed by atoms with van der Waals surface area (Å²) in [5, 5.41) is 10.5. The number of thioether (sulfide) groups is 1. The number of aromatic nitrogens is 2. The number of imide groups is 1. The number of nitrogens with zero attached hydrogens (tertiary/aromatic N) is 3. The van der Waals surface area contributed by atoms with Gasteiger partial charge in [-0.2, -0.15) is 13.1 Å². The number of benzene rings is 3. The summed E-state index contributed by atoms with van der Waals surface area (Å²) in [4.78, 5) is 27.2. The van der Waals surface area contributed by atoms with Crippen LogP contribution < -0.4 is 15.6 Å². The Morgan fingerprint density at radius 2 is 1.55 bits per heavy atom. The van der Waals surface area contributed by atoms with Crippen molar-refractivity contribution in [2.24, 2.45) is 5.14 Å². The van der Waals surface area contributed by atoms with Crippen molar-refractivity contribution < 1.29 is 30.8 Å². The average Bonchev–Trinajstić information content (AvgIpc) is 3.54. The van der Waals surface area contributed by atoms with Gasteiger partial charge in [-0.05, 0) is 35.4 Å². The van der Waals surface area contributed by atoms with Crippen molar-refractivity contribution in [2.75, 3.05) is 18.0 Å². The maximum absolute atomic E-state index is 14.0. The molecule has 2 amide bonds. The van der Waals surface area contributed by atoms with Gasteiger partial charge in [-0.1, -0.05) is 55.5 Å². The molecule has 13 nitrogen and oxygen atoms in total. The van der Waals surface area contributed by atoms with Gasteiger partial charge >= 0.3 is 0 Å². The molecule has 2 heterocycles. The first-order valence-electron chi connectivity index (χ1n) is 13.2. The maximum atomic E-state index is 14.0. The van der Waals surface area contributed by atoms with E-state index in [1.807, 2.05) is 47.2 Å². The number of anilines is 1. The third kappa shape index (κ3) is 6.84. The van der Waals surface area contributed by atoms with E-state index >= 15 is 0 Å². The molecular formula is C28H28N6O7S3. The molecule has 0 spiro atoms. The minimum atomic E-state index is -4.19. The van der Waals surface area contributed by atoms with Gasteiger partial charge in [-0.3, -0.25) is 14.5 Å². The van der Waals surface area contributed by atoms with Crippen LogP contribution in [0, 0.1) is 0 Å². The van der Waals surface area contributed by atoms with Crippen molar-refractivity contribution in [3.05, 3.63) is 95.7 Å². The fraction of sp³-hybridized carbons (Fsp3) is 0.214. The first-order valence-corrected chi connectivity index (χ1v) is 17.4. The third-order valence-corrected chi connectivity index (χ3v) is 11.0. The molecule has 1 aliphatic rings. The molecule has 0 saturated carbocycles. The number of fused-ring (bicyclic) bond motifs is 1. The lowest BCUT2D eigenvalue weighted by Crippen LogP contribution is -2.36. The van der Waals surface area contributed by atoms with Crippen LogP contribution in [0.5, 0.6) is 0 Å². The van der Waals surface area contributed by atoms with Gasteiger partial charge in [0, 0.05) is 22.4 Å². The smallest absolute Gasteiger partial charge is 0.274 e. The van der Waals surface area contributed by atoms with Crippen LogP contribution in [0.3, 0.4) is 0 Å². The quantitative estimate of drug-likeness (QED) is 0.115. The summed E-state index contributed by atoms with van der Waals surface area (Å²) in [6.45, 7) is 0.791. The molecule has 44 heavy (non-hydrogen) atoms. The van der Waals surface area contributed by atoms with E-state index in [0.717, 1.165) is 16.0 Å². The Balaban J connectivity index is 1.43. The van der Waals surface area contributed by atoms with Crippen LogP contribution in [0.15, 0.2) is 82.1 Å². The Bertz CT molecular complexity index is 1900. The Kier molecular flexibility index (Phi) is 8.90. The van der Waals surface area contributed by atoms with E-state index in [4.69, 9.17) is 15.3 Å². The van der Waals surface area contributed by atoms with Crippen LogP contribution in [0.4, 0.5) is 5.69 Å². The van der Waals surface area contributed by atoms with Crippen molar-refractivity contribution in [2.45, 2.75) is 28.9 Å². The molecule has 5 rings (SSSR count). The van der Waals surface area contributed by atoms with Crippen molar-refractivity contribution >= 4 is 49.3 Å². The summed E-state index contributed by atoms with van der Waals surface area (Å²) in [6, 6.07) is 21.3. The number of carbonyl (C=O) groups excluding carboxylic acids is 2. The molecule has 230 valence electrons. The molecule has 0 saturated heterocycles. The van der Waals surface area contributed by atoms with Crippen LogP contribution >= 0.6 is 11.8 Å². The van der Waals surface area contributed by atoms with Gasteiger partial charge in [0.25, 0.3) is 22.0 Å². The van der Waals surface area contributed by atoms with E-state index in [1.165, 1.54) is 23.9 Å². The third-order valence-electron chi connectivity index (χ3n) is 6.87. The van der Waals surface area contributed by atoms with Gasteiger partial charge in [-0.25, -0.2) is 13.6 Å². The molecular weight excluding hydrogens is 629 g/mol. The number of hydrogen-bond acceptors (Lipinski definition) is 11. The Labute approximate surface area is 258 Å². The number of nitrogen functional groups attached to an aromatic ring is 1. The van der Waals surface area contributed by atoms with Gasteiger partial charge < -0.3 is 10.2 Å². The van der Waals surface area contributed by atoms with Crippen molar-refractivity contribution in [3.8, 4) is 11.1 Å². The summed E-state index contributed by atoms with van der Waals surface area (Å²) in [6.07, 6.45) is 0. The predicted molar refractivity (Wildman–Crippen MR) is 164 cm³/mol. The van der Waals surface area contributed by atoms with Crippen molar-refractivity contribution in [3.63, 3.8) is 0 Å². The van der Waals surface area contributed by atoms with Gasteiger partial charge in [-0.15, -0.1) is 22.0 Å². The zero-order valence-electron chi connectivity index (χ0n) is 23.3. The number of nitrogens with one attached hydrogen (secondary N) is 1. The van der Waals surface area contributed by atoms with Crippen LogP contribution in [-0.4, -0.2) is 61.3 Å². The molecule has 0 fully saturated rings. The average molecular weight is 657 g/mol. The number of amides is 2. The molecule has 4 aromatic rings. The molecule has 0 aliphatic carbocycles. The molecule has 2 atom stereocenters. The van der Waals surface area contributed by atoms with Gasteiger partial charge in [0.05, 0.1) is 23.4 Å². The molecule has 5 N–H and O–H groups in total. The SMILES string of the molecule is CC(Sc1cc(-c2ccccc2)ccc1N)C(c1nnc(CNS(N)(=O)=O)o1)S(=O)(=O)CCN1C(=O)c2ccccc2C1=O. The normalized spacial score (nSPS) is 14.9. The summed E-state index contributed by atoms with van der Waals surface area (Å²) in [5.74, 6) is -2.27. The summed E-state index contributed by atoms with van der Waals surface area (Å²) < 4.78 is 58.2. The van der Waals surface area contributed by atoms with Crippen LogP contribution in [-0.2, 0) is 26.6 Å². The largest absolute Gasteiger partial charge is 0.422 e. The molecule has 0 bridgehead atoms. The zero-order valence-corrected chi connectivity index (χ0v) is 25.7. The van der Waals surface area contributed by atoms with E-state index in [0.29, 0.717) is 10.6 Å².